The van der Waals surface area contributed by atoms with Crippen molar-refractivity contribution < 1.29 is 9.59 Å². The number of primary amides is 1. The van der Waals surface area contributed by atoms with Crippen LogP contribution in [0.5, 0.6) is 0 Å². The van der Waals surface area contributed by atoms with E-state index >= 15 is 0 Å². The van der Waals surface area contributed by atoms with E-state index in [-0.39, 0.29) is 12.3 Å². The van der Waals surface area contributed by atoms with Gasteiger partial charge < -0.3 is 16.8 Å². The number of carbonyl (C=O) groups is 2. The summed E-state index contributed by atoms with van der Waals surface area (Å²) >= 11 is 7.56. The number of carbonyl (C=O) groups excluding carboxylic acids is 2. The van der Waals surface area contributed by atoms with Crippen molar-refractivity contribution in [1.82, 2.24) is 5.32 Å². The van der Waals surface area contributed by atoms with Gasteiger partial charge in [0.1, 0.15) is 0 Å². The SMILES string of the molecule is CSCC[C@H](N)C(=O)N[C@H](CC(N)=O)c1cccc(Cl)c1. The van der Waals surface area contributed by atoms with Crippen LogP contribution in [0.2, 0.25) is 5.02 Å². The molecule has 0 spiro atoms. The van der Waals surface area contributed by atoms with Gasteiger partial charge in [0.2, 0.25) is 11.8 Å². The van der Waals surface area contributed by atoms with Gasteiger partial charge in [-0.2, -0.15) is 11.8 Å². The number of hydrogen-bond donors (Lipinski definition) is 3. The van der Waals surface area contributed by atoms with E-state index in [9.17, 15) is 9.59 Å². The van der Waals surface area contributed by atoms with Crippen LogP contribution in [-0.4, -0.2) is 29.9 Å². The van der Waals surface area contributed by atoms with Gasteiger partial charge in [-0.05, 0) is 36.1 Å². The molecule has 0 aromatic heterocycles. The zero-order valence-electron chi connectivity index (χ0n) is 11.8. The summed E-state index contributed by atoms with van der Waals surface area (Å²) in [7, 11) is 0. The summed E-state index contributed by atoms with van der Waals surface area (Å²) in [6.45, 7) is 0. The molecule has 5 nitrogen and oxygen atoms in total. The molecule has 0 unspecified atom stereocenters. The predicted octanol–water partition coefficient (Wildman–Crippen LogP) is 1.45. The van der Waals surface area contributed by atoms with E-state index in [2.05, 4.69) is 5.32 Å². The lowest BCUT2D eigenvalue weighted by atomic mass is 10.0. The molecule has 0 saturated carbocycles. The fraction of sp³-hybridized carbons (Fsp3) is 0.429. The lowest BCUT2D eigenvalue weighted by Crippen LogP contribution is -2.43. The van der Waals surface area contributed by atoms with Crippen LogP contribution in [0, 0.1) is 0 Å². The Bertz CT molecular complexity index is 499. The Labute approximate surface area is 133 Å². The third-order valence-electron chi connectivity index (χ3n) is 2.94. The highest BCUT2D eigenvalue weighted by atomic mass is 35.5. The molecule has 0 aliphatic rings. The maximum atomic E-state index is 12.1. The highest BCUT2D eigenvalue weighted by molar-refractivity contribution is 7.98. The Morgan fingerprint density at radius 3 is 2.71 bits per heavy atom. The lowest BCUT2D eigenvalue weighted by Gasteiger charge is -2.20. The first kappa shape index (κ1) is 17.8. The second-order valence-corrected chi connectivity index (χ2v) is 6.10. The minimum atomic E-state index is -0.605. The zero-order valence-corrected chi connectivity index (χ0v) is 13.4. The number of nitrogens with one attached hydrogen (secondary N) is 1. The number of amides is 2. The molecule has 0 bridgehead atoms. The third-order valence-corrected chi connectivity index (χ3v) is 3.82. The highest BCUT2D eigenvalue weighted by Gasteiger charge is 2.21. The van der Waals surface area contributed by atoms with Crippen molar-refractivity contribution in [2.75, 3.05) is 12.0 Å². The summed E-state index contributed by atoms with van der Waals surface area (Å²) in [4.78, 5) is 23.3. The fourth-order valence-corrected chi connectivity index (χ4v) is 2.52. The molecular formula is C14H20ClN3O2S. The van der Waals surface area contributed by atoms with Crippen LogP contribution < -0.4 is 16.8 Å². The van der Waals surface area contributed by atoms with Crippen LogP contribution in [0.25, 0.3) is 0 Å². The molecule has 2 amide bonds. The van der Waals surface area contributed by atoms with Crippen molar-refractivity contribution >= 4 is 35.2 Å². The molecule has 0 aliphatic heterocycles. The van der Waals surface area contributed by atoms with Gasteiger partial charge in [-0.25, -0.2) is 0 Å². The van der Waals surface area contributed by atoms with E-state index in [1.807, 2.05) is 6.26 Å². The quantitative estimate of drug-likeness (QED) is 0.672. The highest BCUT2D eigenvalue weighted by Crippen LogP contribution is 2.20. The molecular weight excluding hydrogens is 310 g/mol. The Hall–Kier alpha value is -1.24. The van der Waals surface area contributed by atoms with Crippen LogP contribution in [-0.2, 0) is 9.59 Å². The van der Waals surface area contributed by atoms with Crippen molar-refractivity contribution in [2.45, 2.75) is 24.9 Å². The maximum absolute atomic E-state index is 12.1. The average molecular weight is 330 g/mol. The number of hydrogen-bond acceptors (Lipinski definition) is 4. The van der Waals surface area contributed by atoms with Crippen LogP contribution >= 0.6 is 23.4 Å². The van der Waals surface area contributed by atoms with Crippen molar-refractivity contribution in [2.24, 2.45) is 11.5 Å². The molecule has 7 heteroatoms. The van der Waals surface area contributed by atoms with Gasteiger partial charge in [0.05, 0.1) is 18.5 Å². The van der Waals surface area contributed by atoms with Crippen LogP contribution in [0.4, 0.5) is 0 Å². The molecule has 1 aromatic carbocycles. The summed E-state index contributed by atoms with van der Waals surface area (Å²) in [5.74, 6) is -0.0000744. The molecule has 2 atom stereocenters. The van der Waals surface area contributed by atoms with Crippen molar-refractivity contribution in [1.29, 1.82) is 0 Å². The van der Waals surface area contributed by atoms with E-state index in [1.54, 1.807) is 36.0 Å². The van der Waals surface area contributed by atoms with Crippen molar-refractivity contribution in [3.63, 3.8) is 0 Å². The van der Waals surface area contributed by atoms with E-state index in [1.165, 1.54) is 0 Å². The van der Waals surface area contributed by atoms with Gasteiger partial charge in [-0.15, -0.1) is 0 Å². The van der Waals surface area contributed by atoms with Gasteiger partial charge in [-0.1, -0.05) is 23.7 Å². The predicted molar refractivity (Wildman–Crippen MR) is 87.1 cm³/mol. The van der Waals surface area contributed by atoms with Crippen LogP contribution in [0.1, 0.15) is 24.4 Å². The normalized spacial score (nSPS) is 13.5. The number of benzene rings is 1. The van der Waals surface area contributed by atoms with E-state index in [0.29, 0.717) is 11.4 Å². The fourth-order valence-electron chi connectivity index (χ4n) is 1.83. The van der Waals surface area contributed by atoms with Crippen LogP contribution in [0.15, 0.2) is 24.3 Å². The molecule has 0 fully saturated rings. The van der Waals surface area contributed by atoms with Gasteiger partial charge in [-0.3, -0.25) is 9.59 Å². The first-order chi connectivity index (χ1) is 9.93. The summed E-state index contributed by atoms with van der Waals surface area (Å²) in [5.41, 5.74) is 11.8. The lowest BCUT2D eigenvalue weighted by molar-refractivity contribution is -0.123. The van der Waals surface area contributed by atoms with Gasteiger partial charge in [0.25, 0.3) is 0 Å². The average Bonchev–Trinajstić information content (AvgIpc) is 2.43. The minimum Gasteiger partial charge on any atom is -0.370 e. The monoisotopic (exact) mass is 329 g/mol. The molecule has 0 saturated heterocycles. The number of rotatable bonds is 8. The Kier molecular flexibility index (Phi) is 7.56. The van der Waals surface area contributed by atoms with Crippen LogP contribution in [0.3, 0.4) is 0 Å². The Balaban J connectivity index is 2.79. The van der Waals surface area contributed by atoms with E-state index < -0.39 is 18.0 Å². The van der Waals surface area contributed by atoms with Crippen molar-refractivity contribution in [3.05, 3.63) is 34.9 Å². The number of halogens is 1. The second-order valence-electron chi connectivity index (χ2n) is 4.67. The molecule has 1 aromatic rings. The first-order valence-electron chi connectivity index (χ1n) is 6.52. The van der Waals surface area contributed by atoms with Crippen molar-refractivity contribution in [3.8, 4) is 0 Å². The maximum Gasteiger partial charge on any atom is 0.237 e. The van der Waals surface area contributed by atoms with Gasteiger partial charge >= 0.3 is 0 Å². The summed E-state index contributed by atoms with van der Waals surface area (Å²) < 4.78 is 0. The molecule has 5 N–H and O–H groups in total. The molecule has 1 rings (SSSR count). The summed E-state index contributed by atoms with van der Waals surface area (Å²) in [5, 5.41) is 3.30. The van der Waals surface area contributed by atoms with E-state index in [0.717, 1.165) is 11.3 Å². The summed E-state index contributed by atoms with van der Waals surface area (Å²) in [6.07, 6.45) is 2.53. The first-order valence-corrected chi connectivity index (χ1v) is 8.30. The molecule has 0 aliphatic carbocycles. The minimum absolute atomic E-state index is 0.00132. The third kappa shape index (κ3) is 6.37. The smallest absolute Gasteiger partial charge is 0.237 e. The second kappa shape index (κ2) is 8.92. The molecule has 0 radical (unpaired) electrons. The summed E-state index contributed by atoms with van der Waals surface area (Å²) in [6, 6.07) is 5.83. The van der Waals surface area contributed by atoms with Gasteiger partial charge in [0, 0.05) is 5.02 Å². The van der Waals surface area contributed by atoms with Gasteiger partial charge in [0.15, 0.2) is 0 Å². The number of thioether (sulfide) groups is 1. The Morgan fingerprint density at radius 2 is 2.14 bits per heavy atom. The standard InChI is InChI=1S/C14H20ClN3O2S/c1-21-6-5-11(16)14(20)18-12(8-13(17)19)9-3-2-4-10(15)7-9/h2-4,7,11-12H,5-6,8,16H2,1H3,(H2,17,19)(H,18,20)/t11-,12+/m0/s1. The Morgan fingerprint density at radius 1 is 1.43 bits per heavy atom. The zero-order chi connectivity index (χ0) is 15.8. The molecule has 0 heterocycles. The largest absolute Gasteiger partial charge is 0.370 e. The van der Waals surface area contributed by atoms with E-state index in [4.69, 9.17) is 23.1 Å². The number of nitrogens with two attached hydrogens (primary N) is 2. The molecule has 116 valence electrons. The molecule has 21 heavy (non-hydrogen) atoms. The topological polar surface area (TPSA) is 98.2 Å².